The third kappa shape index (κ3) is 3.46. The Kier molecular flexibility index (Phi) is 4.29. The average Bonchev–Trinajstić information content (AvgIpc) is 2.94. The van der Waals surface area contributed by atoms with Crippen molar-refractivity contribution in [2.75, 3.05) is 26.3 Å². The normalized spacial score (nSPS) is 21.3. The fraction of sp³-hybridized carbons (Fsp3) is 0.438. The molecule has 2 heterocycles. The summed E-state index contributed by atoms with van der Waals surface area (Å²) in [4.78, 5) is 14.0. The number of rotatable bonds is 2. The largest absolute Gasteiger partial charge is 0.347 e. The lowest BCUT2D eigenvalue weighted by Crippen LogP contribution is -2.46. The summed E-state index contributed by atoms with van der Waals surface area (Å²) < 4.78 is 11.3. The number of ether oxygens (including phenoxy) is 2. The van der Waals surface area contributed by atoms with Crippen LogP contribution in [0.2, 0.25) is 5.02 Å². The van der Waals surface area contributed by atoms with Crippen molar-refractivity contribution >= 4 is 23.6 Å². The first-order valence-electron chi connectivity index (χ1n) is 7.17. The number of hydrogen-bond donors (Lipinski definition) is 0. The molecule has 1 aromatic rings. The van der Waals surface area contributed by atoms with Crippen molar-refractivity contribution in [3.05, 3.63) is 40.9 Å². The van der Waals surface area contributed by atoms with Crippen molar-refractivity contribution in [3.63, 3.8) is 0 Å². The van der Waals surface area contributed by atoms with Crippen molar-refractivity contribution < 1.29 is 14.3 Å². The van der Waals surface area contributed by atoms with E-state index in [9.17, 15) is 4.79 Å². The van der Waals surface area contributed by atoms with Crippen LogP contribution in [0, 0.1) is 0 Å². The van der Waals surface area contributed by atoms with E-state index < -0.39 is 5.79 Å². The molecular weight excluding hydrogens is 290 g/mol. The maximum Gasteiger partial charge on any atom is 0.246 e. The van der Waals surface area contributed by atoms with Gasteiger partial charge in [-0.1, -0.05) is 23.7 Å². The summed E-state index contributed by atoms with van der Waals surface area (Å²) in [6.45, 7) is 2.64. The number of halogens is 1. The van der Waals surface area contributed by atoms with Crippen LogP contribution in [0.5, 0.6) is 0 Å². The highest BCUT2D eigenvalue weighted by Gasteiger charge is 2.40. The van der Waals surface area contributed by atoms with Gasteiger partial charge in [0.1, 0.15) is 0 Å². The van der Waals surface area contributed by atoms with Gasteiger partial charge in [-0.15, -0.1) is 0 Å². The van der Waals surface area contributed by atoms with Gasteiger partial charge in [0, 0.05) is 37.0 Å². The molecule has 1 amide bonds. The predicted octanol–water partition coefficient (Wildman–Crippen LogP) is 2.72. The van der Waals surface area contributed by atoms with E-state index in [2.05, 4.69) is 0 Å². The molecule has 0 aliphatic carbocycles. The molecule has 1 spiro atoms. The lowest BCUT2D eigenvalue weighted by atomic mass is 10.0. The summed E-state index contributed by atoms with van der Waals surface area (Å²) in [7, 11) is 0. The van der Waals surface area contributed by atoms with E-state index in [0.29, 0.717) is 31.3 Å². The van der Waals surface area contributed by atoms with Crippen molar-refractivity contribution in [2.24, 2.45) is 0 Å². The highest BCUT2D eigenvalue weighted by Crippen LogP contribution is 2.31. The van der Waals surface area contributed by atoms with Crippen LogP contribution in [0.25, 0.3) is 6.08 Å². The maximum atomic E-state index is 12.2. The summed E-state index contributed by atoms with van der Waals surface area (Å²) in [5.74, 6) is -0.421. The van der Waals surface area contributed by atoms with Crippen molar-refractivity contribution in [1.29, 1.82) is 0 Å². The van der Waals surface area contributed by atoms with Gasteiger partial charge in [0.15, 0.2) is 5.79 Å². The van der Waals surface area contributed by atoms with E-state index in [1.165, 1.54) is 0 Å². The second kappa shape index (κ2) is 6.18. The van der Waals surface area contributed by atoms with Crippen molar-refractivity contribution in [3.8, 4) is 0 Å². The van der Waals surface area contributed by atoms with E-state index >= 15 is 0 Å². The third-order valence-corrected chi connectivity index (χ3v) is 4.15. The summed E-state index contributed by atoms with van der Waals surface area (Å²) >= 11 is 5.92. The number of nitrogens with zero attached hydrogens (tertiary/aromatic N) is 1. The van der Waals surface area contributed by atoms with Crippen LogP contribution in [-0.4, -0.2) is 42.9 Å². The molecule has 0 aromatic heterocycles. The van der Waals surface area contributed by atoms with Gasteiger partial charge >= 0.3 is 0 Å². The molecule has 0 N–H and O–H groups in total. The van der Waals surface area contributed by atoms with Gasteiger partial charge in [0.05, 0.1) is 13.2 Å². The van der Waals surface area contributed by atoms with Gasteiger partial charge in [-0.3, -0.25) is 4.79 Å². The molecule has 21 heavy (non-hydrogen) atoms. The van der Waals surface area contributed by atoms with Crippen LogP contribution in [0.15, 0.2) is 30.3 Å². The molecule has 2 aliphatic heterocycles. The molecule has 112 valence electrons. The number of carbonyl (C=O) groups is 1. The molecule has 2 saturated heterocycles. The van der Waals surface area contributed by atoms with Crippen LogP contribution in [0.4, 0.5) is 0 Å². The quantitative estimate of drug-likeness (QED) is 0.789. The number of benzene rings is 1. The van der Waals surface area contributed by atoms with Crippen LogP contribution < -0.4 is 0 Å². The lowest BCUT2D eigenvalue weighted by Gasteiger charge is -2.37. The molecular formula is C16H18ClNO3. The summed E-state index contributed by atoms with van der Waals surface area (Å²) in [6.07, 6.45) is 4.87. The number of hydrogen-bond acceptors (Lipinski definition) is 3. The van der Waals surface area contributed by atoms with Gasteiger partial charge < -0.3 is 14.4 Å². The van der Waals surface area contributed by atoms with E-state index in [4.69, 9.17) is 21.1 Å². The van der Waals surface area contributed by atoms with Gasteiger partial charge in [-0.2, -0.15) is 0 Å². The molecule has 1 aromatic carbocycles. The Hall–Kier alpha value is -1.36. The van der Waals surface area contributed by atoms with Gasteiger partial charge in [0.25, 0.3) is 0 Å². The summed E-state index contributed by atoms with van der Waals surface area (Å²) in [5.41, 5.74) is 0.923. The van der Waals surface area contributed by atoms with Crippen LogP contribution in [0.1, 0.15) is 18.4 Å². The first-order chi connectivity index (χ1) is 10.2. The number of carbonyl (C=O) groups excluding carboxylic acids is 1. The fourth-order valence-corrected chi connectivity index (χ4v) is 2.94. The molecule has 0 atom stereocenters. The Morgan fingerprint density at radius 3 is 2.62 bits per heavy atom. The second-order valence-electron chi connectivity index (χ2n) is 5.32. The first-order valence-corrected chi connectivity index (χ1v) is 7.55. The molecule has 0 bridgehead atoms. The second-order valence-corrected chi connectivity index (χ2v) is 5.76. The van der Waals surface area contributed by atoms with E-state index in [0.717, 1.165) is 18.4 Å². The molecule has 4 nitrogen and oxygen atoms in total. The minimum Gasteiger partial charge on any atom is -0.347 e. The third-order valence-electron chi connectivity index (χ3n) is 3.92. The summed E-state index contributed by atoms with van der Waals surface area (Å²) in [5, 5.41) is 0.667. The van der Waals surface area contributed by atoms with Gasteiger partial charge in [0.2, 0.25) is 5.91 Å². The minimum atomic E-state index is -0.437. The number of amides is 1. The minimum absolute atomic E-state index is 0.0165. The standard InChI is InChI=1S/C16H18ClNO3/c17-14-3-1-2-13(12-14)4-5-15(19)18-8-6-16(7-9-18)20-10-11-21-16/h1-5,12H,6-11H2/b5-4+. The predicted molar refractivity (Wildman–Crippen MR) is 80.9 cm³/mol. The molecule has 5 heteroatoms. The van der Waals surface area contributed by atoms with E-state index in [1.54, 1.807) is 12.2 Å². The van der Waals surface area contributed by atoms with E-state index in [1.807, 2.05) is 29.2 Å². The van der Waals surface area contributed by atoms with Gasteiger partial charge in [-0.25, -0.2) is 0 Å². The first kappa shape index (κ1) is 14.6. The molecule has 2 aliphatic rings. The zero-order chi connectivity index (χ0) is 14.7. The Morgan fingerprint density at radius 2 is 1.95 bits per heavy atom. The monoisotopic (exact) mass is 307 g/mol. The van der Waals surface area contributed by atoms with Crippen LogP contribution in [0.3, 0.4) is 0 Å². The number of piperidine rings is 1. The molecule has 3 rings (SSSR count). The topological polar surface area (TPSA) is 38.8 Å². The SMILES string of the molecule is O=C(/C=C/c1cccc(Cl)c1)N1CCC2(CC1)OCCO2. The Bertz CT molecular complexity index is 542. The zero-order valence-corrected chi connectivity index (χ0v) is 12.5. The van der Waals surface area contributed by atoms with Crippen LogP contribution >= 0.6 is 11.6 Å². The highest BCUT2D eigenvalue weighted by molar-refractivity contribution is 6.30. The fourth-order valence-electron chi connectivity index (χ4n) is 2.74. The number of likely N-dealkylation sites (tertiary alicyclic amines) is 1. The molecule has 0 saturated carbocycles. The Labute approximate surface area is 129 Å². The highest BCUT2D eigenvalue weighted by atomic mass is 35.5. The molecule has 0 radical (unpaired) electrons. The molecule has 0 unspecified atom stereocenters. The zero-order valence-electron chi connectivity index (χ0n) is 11.8. The van der Waals surface area contributed by atoms with Crippen molar-refractivity contribution in [2.45, 2.75) is 18.6 Å². The Morgan fingerprint density at radius 1 is 1.24 bits per heavy atom. The Balaban J connectivity index is 1.57. The molecule has 2 fully saturated rings. The summed E-state index contributed by atoms with van der Waals surface area (Å²) in [6, 6.07) is 7.43. The average molecular weight is 308 g/mol. The van der Waals surface area contributed by atoms with E-state index in [-0.39, 0.29) is 5.91 Å². The van der Waals surface area contributed by atoms with Crippen LogP contribution in [-0.2, 0) is 14.3 Å². The smallest absolute Gasteiger partial charge is 0.246 e. The lowest BCUT2D eigenvalue weighted by molar-refractivity contribution is -0.186. The van der Waals surface area contributed by atoms with Gasteiger partial charge in [-0.05, 0) is 23.8 Å². The maximum absolute atomic E-state index is 12.2. The van der Waals surface area contributed by atoms with Crippen molar-refractivity contribution in [1.82, 2.24) is 4.90 Å².